The second-order valence-electron chi connectivity index (χ2n) is 12.1. The van der Waals surface area contributed by atoms with Crippen molar-refractivity contribution < 1.29 is 8.83 Å². The van der Waals surface area contributed by atoms with Crippen LogP contribution in [-0.2, 0) is 0 Å². The van der Waals surface area contributed by atoms with Gasteiger partial charge in [0.15, 0.2) is 5.82 Å². The summed E-state index contributed by atoms with van der Waals surface area (Å²) in [7, 11) is 0. The number of hydrogen-bond donors (Lipinski definition) is 0. The van der Waals surface area contributed by atoms with Crippen LogP contribution in [0.15, 0.2) is 148 Å². The molecule has 0 saturated heterocycles. The van der Waals surface area contributed by atoms with Crippen LogP contribution < -0.4 is 0 Å². The van der Waals surface area contributed by atoms with E-state index in [1.165, 1.54) is 21.5 Å². The lowest BCUT2D eigenvalue weighted by molar-refractivity contribution is 0.656. The molecule has 5 nitrogen and oxygen atoms in total. The summed E-state index contributed by atoms with van der Waals surface area (Å²) < 4.78 is 15.2. The number of benzene rings is 7. The van der Waals surface area contributed by atoms with Crippen molar-refractivity contribution in [1.82, 2.24) is 14.5 Å². The molecule has 0 saturated carbocycles. The second kappa shape index (κ2) is 9.05. The van der Waals surface area contributed by atoms with Crippen molar-refractivity contribution in [2.24, 2.45) is 0 Å². The number of aromatic nitrogens is 3. The van der Waals surface area contributed by atoms with Crippen LogP contribution >= 0.6 is 0 Å². The minimum Gasteiger partial charge on any atom is -0.456 e. The van der Waals surface area contributed by atoms with E-state index in [0.717, 1.165) is 83.0 Å². The average Bonchev–Trinajstić information content (AvgIpc) is 3.79. The minimum atomic E-state index is 0.762. The third-order valence-corrected chi connectivity index (χ3v) is 9.58. The third-order valence-electron chi connectivity index (χ3n) is 9.58. The predicted octanol–water partition coefficient (Wildman–Crippen LogP) is 11.3. The van der Waals surface area contributed by atoms with Gasteiger partial charge in [0.25, 0.3) is 0 Å². The Morgan fingerprint density at radius 2 is 1.15 bits per heavy atom. The predicted molar refractivity (Wildman–Crippen MR) is 191 cm³/mol. The molecule has 11 aromatic rings. The molecule has 0 aliphatic rings. The van der Waals surface area contributed by atoms with E-state index in [2.05, 4.69) is 95.6 Å². The van der Waals surface area contributed by atoms with Gasteiger partial charge in [-0.05, 0) is 53.2 Å². The van der Waals surface area contributed by atoms with E-state index in [0.29, 0.717) is 0 Å². The van der Waals surface area contributed by atoms with Gasteiger partial charge in [-0.3, -0.25) is 4.57 Å². The smallest absolute Gasteiger partial charge is 0.165 e. The Morgan fingerprint density at radius 1 is 0.447 bits per heavy atom. The van der Waals surface area contributed by atoms with E-state index in [1.807, 2.05) is 48.5 Å². The van der Waals surface area contributed by atoms with Gasteiger partial charge in [0.1, 0.15) is 28.0 Å². The van der Waals surface area contributed by atoms with E-state index in [4.69, 9.17) is 18.8 Å². The van der Waals surface area contributed by atoms with Crippen LogP contribution in [0.4, 0.5) is 0 Å². The molecule has 4 aromatic heterocycles. The number of para-hydroxylation sites is 5. The summed E-state index contributed by atoms with van der Waals surface area (Å²) in [6, 6.07) is 48.3. The Bertz CT molecular complexity index is 3090. The van der Waals surface area contributed by atoms with E-state index in [1.54, 1.807) is 0 Å². The fourth-order valence-corrected chi connectivity index (χ4v) is 7.50. The molecule has 5 heteroatoms. The summed E-state index contributed by atoms with van der Waals surface area (Å²) in [5.74, 6) is 0.762. The molecule has 0 bridgehead atoms. The van der Waals surface area contributed by atoms with Gasteiger partial charge in [0, 0.05) is 43.9 Å². The summed E-state index contributed by atoms with van der Waals surface area (Å²) in [6.45, 7) is 0. The molecule has 4 heterocycles. The summed E-state index contributed by atoms with van der Waals surface area (Å²) in [4.78, 5) is 10.7. The average molecular weight is 602 g/mol. The third kappa shape index (κ3) is 3.37. The molecule has 0 fully saturated rings. The van der Waals surface area contributed by atoms with Crippen LogP contribution in [0.3, 0.4) is 0 Å². The molecule has 0 unspecified atom stereocenters. The zero-order valence-corrected chi connectivity index (χ0v) is 24.9. The van der Waals surface area contributed by atoms with Crippen molar-refractivity contribution in [2.45, 2.75) is 0 Å². The van der Waals surface area contributed by atoms with E-state index >= 15 is 0 Å². The number of furan rings is 2. The molecule has 0 atom stereocenters. The van der Waals surface area contributed by atoms with Crippen LogP contribution in [-0.4, -0.2) is 14.5 Å². The van der Waals surface area contributed by atoms with E-state index in [-0.39, 0.29) is 0 Å². The fourth-order valence-electron chi connectivity index (χ4n) is 7.50. The molecule has 0 aliphatic heterocycles. The Kier molecular flexibility index (Phi) is 4.78. The first-order valence-corrected chi connectivity index (χ1v) is 15.8. The zero-order valence-electron chi connectivity index (χ0n) is 24.9. The van der Waals surface area contributed by atoms with Gasteiger partial charge in [0.05, 0.1) is 22.1 Å². The first-order valence-electron chi connectivity index (χ1n) is 15.8. The van der Waals surface area contributed by atoms with Crippen molar-refractivity contribution in [3.8, 4) is 17.1 Å². The summed E-state index contributed by atoms with van der Waals surface area (Å²) in [5.41, 5.74) is 8.70. The largest absolute Gasteiger partial charge is 0.456 e. The molecule has 0 aliphatic carbocycles. The van der Waals surface area contributed by atoms with Crippen molar-refractivity contribution in [1.29, 1.82) is 0 Å². The second-order valence-corrected chi connectivity index (χ2v) is 12.1. The lowest BCUT2D eigenvalue weighted by Crippen LogP contribution is -2.03. The Labute approximate surface area is 266 Å². The molecule has 47 heavy (non-hydrogen) atoms. The van der Waals surface area contributed by atoms with Gasteiger partial charge in [-0.2, -0.15) is 0 Å². The Balaban J connectivity index is 1.26. The normalized spacial score (nSPS) is 12.3. The van der Waals surface area contributed by atoms with E-state index in [9.17, 15) is 0 Å². The maximum Gasteiger partial charge on any atom is 0.165 e. The summed E-state index contributed by atoms with van der Waals surface area (Å²) in [6.07, 6.45) is 0. The summed E-state index contributed by atoms with van der Waals surface area (Å²) >= 11 is 0. The highest BCUT2D eigenvalue weighted by Crippen LogP contribution is 2.43. The first kappa shape index (κ1) is 24.8. The van der Waals surface area contributed by atoms with Gasteiger partial charge >= 0.3 is 0 Å². The molecular weight excluding hydrogens is 578 g/mol. The van der Waals surface area contributed by atoms with Crippen molar-refractivity contribution >= 4 is 87.5 Å². The maximum absolute atomic E-state index is 6.72. The molecule has 0 amide bonds. The summed E-state index contributed by atoms with van der Waals surface area (Å²) in [5, 5.41) is 9.04. The van der Waals surface area contributed by atoms with Crippen molar-refractivity contribution in [3.63, 3.8) is 0 Å². The fraction of sp³-hybridized carbons (Fsp3) is 0. The zero-order chi connectivity index (χ0) is 30.6. The van der Waals surface area contributed by atoms with Gasteiger partial charge in [-0.1, -0.05) is 91.0 Å². The van der Waals surface area contributed by atoms with Crippen molar-refractivity contribution in [3.05, 3.63) is 140 Å². The number of fused-ring (bicyclic) bond motifs is 12. The maximum atomic E-state index is 6.72. The van der Waals surface area contributed by atoms with Crippen molar-refractivity contribution in [2.75, 3.05) is 0 Å². The number of hydrogen-bond acceptors (Lipinski definition) is 4. The lowest BCUT2D eigenvalue weighted by atomic mass is 10.0. The highest BCUT2D eigenvalue weighted by Gasteiger charge is 2.23. The first-order chi connectivity index (χ1) is 23.3. The standard InChI is InChI=1S/C42H23N3O2/c1-2-11-25-24(10-1)20-21-35-39(25)28-13-3-7-18-34(28)45(35)42-40(43-32-16-5-6-17-33(32)44-42)29-15-9-14-27-31-22-30-26-12-4-8-19-36(26)46-37(30)23-38(31)47-41(27)29/h1-23H. The number of nitrogens with zero attached hydrogens (tertiary/aromatic N) is 3. The molecule has 11 rings (SSSR count). The van der Waals surface area contributed by atoms with Crippen LogP contribution in [0, 0.1) is 0 Å². The highest BCUT2D eigenvalue weighted by molar-refractivity contribution is 6.22. The SMILES string of the molecule is c1ccc2c(c1)ccc1c2c2ccccc2n1-c1nc2ccccc2nc1-c1cccc2c1oc1cc3oc4ccccc4c3cc12. The Hall–Kier alpha value is -6.46. The minimum absolute atomic E-state index is 0.762. The van der Waals surface area contributed by atoms with Crippen LogP contribution in [0.25, 0.3) is 105 Å². The molecule has 7 aromatic carbocycles. The highest BCUT2D eigenvalue weighted by atomic mass is 16.3. The van der Waals surface area contributed by atoms with Gasteiger partial charge in [-0.15, -0.1) is 0 Å². The van der Waals surface area contributed by atoms with Crippen LogP contribution in [0.1, 0.15) is 0 Å². The molecule has 0 spiro atoms. The van der Waals surface area contributed by atoms with Gasteiger partial charge < -0.3 is 8.83 Å². The molecule has 0 radical (unpaired) electrons. The Morgan fingerprint density at radius 3 is 2.06 bits per heavy atom. The van der Waals surface area contributed by atoms with Gasteiger partial charge in [-0.25, -0.2) is 9.97 Å². The monoisotopic (exact) mass is 601 g/mol. The molecule has 0 N–H and O–H groups in total. The lowest BCUT2D eigenvalue weighted by Gasteiger charge is -2.14. The van der Waals surface area contributed by atoms with Crippen LogP contribution in [0.5, 0.6) is 0 Å². The molecular formula is C42H23N3O2. The van der Waals surface area contributed by atoms with Crippen LogP contribution in [0.2, 0.25) is 0 Å². The molecule has 218 valence electrons. The van der Waals surface area contributed by atoms with E-state index < -0.39 is 0 Å². The number of rotatable bonds is 2. The van der Waals surface area contributed by atoms with Gasteiger partial charge in [0.2, 0.25) is 0 Å². The topological polar surface area (TPSA) is 57.0 Å². The quantitative estimate of drug-likeness (QED) is 0.198.